The minimum atomic E-state index is -0.250. The number of rotatable bonds is 11. The van der Waals surface area contributed by atoms with Crippen LogP contribution in [0.2, 0.25) is 5.02 Å². The Kier molecular flexibility index (Phi) is 13.0. The first-order chi connectivity index (χ1) is 23.9. The van der Waals surface area contributed by atoms with Crippen molar-refractivity contribution < 1.29 is 33.6 Å². The molecule has 12 heteroatoms. The molecule has 0 aliphatic carbocycles. The van der Waals surface area contributed by atoms with Crippen LogP contribution in [0.5, 0.6) is 23.0 Å². The molecule has 0 bridgehead atoms. The number of carboxylic acid groups (broad SMARTS) is 1. The van der Waals surface area contributed by atoms with Gasteiger partial charge in [0.2, 0.25) is 0 Å². The summed E-state index contributed by atoms with van der Waals surface area (Å²) < 4.78 is 27.0. The lowest BCUT2D eigenvalue weighted by Crippen LogP contribution is -2.29. The molecule has 1 aromatic heterocycles. The summed E-state index contributed by atoms with van der Waals surface area (Å²) in [6.07, 6.45) is 8.70. The van der Waals surface area contributed by atoms with Crippen LogP contribution < -0.4 is 23.7 Å². The number of amides is 1. The number of hydrogen-bond donors (Lipinski definition) is 2. The Bertz CT molecular complexity index is 1750. The molecule has 258 valence electrons. The second-order valence-electron chi connectivity index (χ2n) is 11.6. The van der Waals surface area contributed by atoms with Crippen molar-refractivity contribution in [3.05, 3.63) is 99.8 Å². The van der Waals surface area contributed by atoms with Gasteiger partial charge in [-0.25, -0.2) is 0 Å². The van der Waals surface area contributed by atoms with Crippen LogP contribution in [0, 0.1) is 6.92 Å². The van der Waals surface area contributed by atoms with Gasteiger partial charge in [0.15, 0.2) is 11.5 Å². The lowest BCUT2D eigenvalue weighted by molar-refractivity contribution is -0.122. The fourth-order valence-electron chi connectivity index (χ4n) is 5.83. The molecule has 0 unspecified atom stereocenters. The second kappa shape index (κ2) is 17.8. The van der Waals surface area contributed by atoms with Crippen molar-refractivity contribution in [2.75, 3.05) is 32.6 Å². The molecule has 1 fully saturated rings. The van der Waals surface area contributed by atoms with Crippen molar-refractivity contribution in [1.82, 2.24) is 14.6 Å². The van der Waals surface area contributed by atoms with Crippen LogP contribution in [0.1, 0.15) is 51.9 Å². The largest absolute Gasteiger partial charge is 0.488 e. The number of halogens is 1. The minimum absolute atomic E-state index is 0.192. The molecule has 0 spiro atoms. The molecule has 4 aromatic rings. The van der Waals surface area contributed by atoms with Crippen molar-refractivity contribution in [2.45, 2.75) is 45.9 Å². The summed E-state index contributed by atoms with van der Waals surface area (Å²) in [7, 11) is 0. The molecule has 49 heavy (non-hydrogen) atoms. The van der Waals surface area contributed by atoms with Gasteiger partial charge in [-0.3, -0.25) is 24.2 Å². The van der Waals surface area contributed by atoms with Crippen molar-refractivity contribution in [3.8, 4) is 34.1 Å². The quantitative estimate of drug-likeness (QED) is 0.121. The second-order valence-corrected chi connectivity index (χ2v) is 12.6. The van der Waals surface area contributed by atoms with Crippen molar-refractivity contribution in [1.29, 1.82) is 0 Å². The van der Waals surface area contributed by atoms with Gasteiger partial charge in [-0.05, 0) is 79.4 Å². The number of carbonyl (C=O) groups is 2. The van der Waals surface area contributed by atoms with Crippen LogP contribution in [0.15, 0.2) is 67.0 Å². The highest BCUT2D eigenvalue weighted by atomic mass is 35.5. The van der Waals surface area contributed by atoms with Crippen LogP contribution in [0.25, 0.3) is 11.1 Å². The predicted molar refractivity (Wildman–Crippen MR) is 191 cm³/mol. The van der Waals surface area contributed by atoms with Gasteiger partial charge in [-0.2, -0.15) is 0 Å². The third-order valence-electron chi connectivity index (χ3n) is 8.29. The van der Waals surface area contributed by atoms with Crippen molar-refractivity contribution in [2.24, 2.45) is 0 Å². The molecular weight excluding hydrogens is 666 g/mol. The molecule has 2 aliphatic heterocycles. The highest BCUT2D eigenvalue weighted by Gasteiger charge is 2.19. The first-order valence-electron chi connectivity index (χ1n) is 16.0. The highest BCUT2D eigenvalue weighted by Crippen LogP contribution is 2.38. The molecule has 0 saturated carbocycles. The number of carbonyl (C=O) groups excluding carboxylic acids is 1. The Labute approximate surface area is 295 Å². The highest BCUT2D eigenvalue weighted by molar-refractivity contribution is 7.97. The molecule has 2 N–H and O–H groups in total. The van der Waals surface area contributed by atoms with Crippen LogP contribution in [-0.4, -0.2) is 59.9 Å². The van der Waals surface area contributed by atoms with Crippen molar-refractivity contribution >= 4 is 35.9 Å². The number of piperidine rings is 1. The monoisotopic (exact) mass is 705 g/mol. The maximum atomic E-state index is 12.3. The summed E-state index contributed by atoms with van der Waals surface area (Å²) in [6, 6.07) is 17.9. The zero-order valence-corrected chi connectivity index (χ0v) is 29.1. The van der Waals surface area contributed by atoms with Crippen LogP contribution in [-0.2, 0) is 24.6 Å². The molecule has 1 amide bonds. The van der Waals surface area contributed by atoms with E-state index in [4.69, 9.17) is 40.4 Å². The Balaban J connectivity index is 0.00000151. The predicted octanol–water partition coefficient (Wildman–Crippen LogP) is 7.33. The summed E-state index contributed by atoms with van der Waals surface area (Å²) in [6.45, 7) is 6.38. The number of likely N-dealkylation sites (tertiary alicyclic amines) is 1. The van der Waals surface area contributed by atoms with E-state index in [1.807, 2.05) is 30.3 Å². The Morgan fingerprint density at radius 3 is 2.51 bits per heavy atom. The van der Waals surface area contributed by atoms with Crippen molar-refractivity contribution in [3.63, 3.8) is 0 Å². The normalized spacial score (nSPS) is 13.9. The number of nitrogens with zero attached hydrogens (tertiary/aromatic N) is 2. The average molecular weight is 706 g/mol. The number of hydrogen-bond acceptors (Lipinski definition) is 9. The summed E-state index contributed by atoms with van der Waals surface area (Å²) in [5.41, 5.74) is 6.61. The number of nitrogens with one attached hydrogen (secondary N) is 1. The molecule has 10 nitrogen and oxygen atoms in total. The summed E-state index contributed by atoms with van der Waals surface area (Å²) in [4.78, 5) is 27.4. The van der Waals surface area contributed by atoms with E-state index < -0.39 is 0 Å². The first kappa shape index (κ1) is 35.8. The molecule has 3 aromatic carbocycles. The number of pyridine rings is 1. The standard InChI is InChI=1S/C36H38ClN3O5S.CH2O2/c1-24-27(7-6-8-30(24)26-9-10-32-35(17-26)43-14-13-42-32)23-45-34-18-33(29(16-31(34)37)21-40-11-4-3-5-12-40)44-22-25-15-28(20-38-19-25)36(41)39-46-2;2-1-3/h6-10,15-20H,3-5,11-14,21-23H2,1-2H3,(H,39,41);1H,(H,2,3). The molecule has 1 saturated heterocycles. The van der Waals surface area contributed by atoms with Gasteiger partial charge in [0.1, 0.15) is 37.9 Å². The maximum absolute atomic E-state index is 12.3. The maximum Gasteiger partial charge on any atom is 0.290 e. The Hall–Kier alpha value is -4.45. The Morgan fingerprint density at radius 2 is 1.73 bits per heavy atom. The topological polar surface area (TPSA) is 119 Å². The lowest BCUT2D eigenvalue weighted by Gasteiger charge is -2.27. The fourth-order valence-corrected chi connectivity index (χ4v) is 6.37. The molecule has 0 radical (unpaired) electrons. The number of benzene rings is 3. The third-order valence-corrected chi connectivity index (χ3v) is 8.97. The van der Waals surface area contributed by atoms with E-state index in [1.54, 1.807) is 24.7 Å². The summed E-state index contributed by atoms with van der Waals surface area (Å²) in [5, 5.41) is 7.43. The molecule has 6 rings (SSSR count). The van der Waals surface area contributed by atoms with E-state index in [2.05, 4.69) is 39.7 Å². The average Bonchev–Trinajstić information content (AvgIpc) is 3.12. The molecule has 3 heterocycles. The van der Waals surface area contributed by atoms with E-state index in [0.717, 1.165) is 64.5 Å². The third kappa shape index (κ3) is 9.59. The molecule has 2 aliphatic rings. The minimum Gasteiger partial charge on any atom is -0.488 e. The lowest BCUT2D eigenvalue weighted by atomic mass is 9.96. The van der Waals surface area contributed by atoms with Gasteiger partial charge in [0, 0.05) is 42.4 Å². The number of aromatic nitrogens is 1. The fraction of sp³-hybridized carbons (Fsp3) is 0.324. The van der Waals surface area contributed by atoms with E-state index in [-0.39, 0.29) is 19.0 Å². The summed E-state index contributed by atoms with van der Waals surface area (Å²) >= 11 is 8.09. The SMILES string of the molecule is CSNC(=O)c1cncc(COc2cc(OCc3cccc(-c4ccc5c(c4)OCCO5)c3C)c(Cl)cc2CN2CCCCC2)c1.O=CO. The smallest absolute Gasteiger partial charge is 0.290 e. The van der Waals surface area contributed by atoms with E-state index in [0.29, 0.717) is 41.9 Å². The van der Waals surface area contributed by atoms with Gasteiger partial charge < -0.3 is 24.1 Å². The zero-order valence-electron chi connectivity index (χ0n) is 27.6. The van der Waals surface area contributed by atoms with E-state index >= 15 is 0 Å². The van der Waals surface area contributed by atoms with E-state index in [1.165, 1.54) is 31.2 Å². The number of fused-ring (bicyclic) bond motifs is 1. The summed E-state index contributed by atoms with van der Waals surface area (Å²) in [5.74, 6) is 2.59. The Morgan fingerprint density at radius 1 is 0.980 bits per heavy atom. The van der Waals surface area contributed by atoms with Gasteiger partial charge in [-0.1, -0.05) is 54.2 Å². The van der Waals surface area contributed by atoms with Crippen LogP contribution in [0.4, 0.5) is 0 Å². The zero-order chi connectivity index (χ0) is 34.6. The van der Waals surface area contributed by atoms with Gasteiger partial charge >= 0.3 is 0 Å². The van der Waals surface area contributed by atoms with Gasteiger partial charge in [0.25, 0.3) is 12.4 Å². The number of ether oxygens (including phenoxy) is 4. The molecule has 0 atom stereocenters. The van der Waals surface area contributed by atoms with Gasteiger partial charge in [-0.15, -0.1) is 0 Å². The van der Waals surface area contributed by atoms with Crippen LogP contribution >= 0.6 is 23.5 Å². The van der Waals surface area contributed by atoms with Crippen LogP contribution in [0.3, 0.4) is 0 Å². The van der Waals surface area contributed by atoms with Gasteiger partial charge in [0.05, 0.1) is 10.6 Å². The van der Waals surface area contributed by atoms with E-state index in [9.17, 15) is 4.79 Å². The first-order valence-corrected chi connectivity index (χ1v) is 17.6. The molecular formula is C37H40ClN3O7S.